The lowest BCUT2D eigenvalue weighted by Gasteiger charge is -2.24. The van der Waals surface area contributed by atoms with Crippen LogP contribution in [0.3, 0.4) is 0 Å². The maximum atomic E-state index is 13.1. The van der Waals surface area contributed by atoms with Crippen molar-refractivity contribution in [3.63, 3.8) is 0 Å². The number of hydrogen-bond acceptors (Lipinski definition) is 8. The zero-order valence-corrected chi connectivity index (χ0v) is 23.2. The van der Waals surface area contributed by atoms with Crippen molar-refractivity contribution in [3.05, 3.63) is 36.0 Å². The molecule has 4 unspecified atom stereocenters. The molecule has 0 spiro atoms. The van der Waals surface area contributed by atoms with Crippen molar-refractivity contribution in [1.82, 2.24) is 20.9 Å². The van der Waals surface area contributed by atoms with Crippen molar-refractivity contribution in [2.75, 3.05) is 24.3 Å². The van der Waals surface area contributed by atoms with Crippen molar-refractivity contribution >= 4 is 59.0 Å². The number of unbranched alkanes of at least 4 members (excludes halogenated alkanes) is 1. The average molecular weight is 567 g/mol. The van der Waals surface area contributed by atoms with Gasteiger partial charge in [0.05, 0.1) is 6.04 Å². The lowest BCUT2D eigenvalue weighted by molar-refractivity contribution is -0.142. The smallest absolute Gasteiger partial charge is 0.326 e. The van der Waals surface area contributed by atoms with Crippen molar-refractivity contribution in [2.24, 2.45) is 11.5 Å². The molecule has 0 aliphatic carbocycles. The lowest BCUT2D eigenvalue weighted by atomic mass is 10.0. The first-order valence-corrected chi connectivity index (χ1v) is 14.5. The maximum absolute atomic E-state index is 13.1. The standard InChI is InChI=1S/C25H38N6O5S2/c1-38-11-9-19(29-22(32)17(27)12-15-13-28-18-7-3-2-6-16(15)18)23(33)31-21(14-37)24(34)30-20(25(35)36)8-4-5-10-26/h2-3,6-7,13,17,19-21,28,37H,4-5,8-12,14,26-27H2,1H3,(H,29,32)(H,30,34)(H,31,33)(H,35,36). The van der Waals surface area contributed by atoms with Gasteiger partial charge in [-0.2, -0.15) is 24.4 Å². The van der Waals surface area contributed by atoms with E-state index in [1.165, 1.54) is 11.8 Å². The summed E-state index contributed by atoms with van der Waals surface area (Å²) < 4.78 is 0. The van der Waals surface area contributed by atoms with Gasteiger partial charge in [0.2, 0.25) is 17.7 Å². The number of para-hydroxylation sites is 1. The third kappa shape index (κ3) is 9.53. The van der Waals surface area contributed by atoms with Crippen LogP contribution in [0.4, 0.5) is 0 Å². The number of carbonyl (C=O) groups is 4. The van der Waals surface area contributed by atoms with Crippen LogP contribution in [-0.2, 0) is 25.6 Å². The van der Waals surface area contributed by atoms with Gasteiger partial charge in [-0.3, -0.25) is 14.4 Å². The fourth-order valence-electron chi connectivity index (χ4n) is 3.90. The van der Waals surface area contributed by atoms with Crippen LogP contribution >= 0.6 is 24.4 Å². The molecular weight excluding hydrogens is 528 g/mol. The van der Waals surface area contributed by atoms with E-state index < -0.39 is 47.9 Å². The second-order valence-corrected chi connectivity index (χ2v) is 10.3. The zero-order chi connectivity index (χ0) is 28.1. The average Bonchev–Trinajstić information content (AvgIpc) is 3.31. The summed E-state index contributed by atoms with van der Waals surface area (Å²) >= 11 is 5.66. The maximum Gasteiger partial charge on any atom is 0.326 e. The Morgan fingerprint density at radius 3 is 2.32 bits per heavy atom. The fraction of sp³-hybridized carbons (Fsp3) is 0.520. The molecule has 38 heavy (non-hydrogen) atoms. The number of fused-ring (bicyclic) bond motifs is 1. The van der Waals surface area contributed by atoms with E-state index in [1.54, 1.807) is 0 Å². The predicted octanol–water partition coefficient (Wildman–Crippen LogP) is 0.389. The Morgan fingerprint density at radius 1 is 1.00 bits per heavy atom. The summed E-state index contributed by atoms with van der Waals surface area (Å²) in [6.45, 7) is 0.421. The number of thiol groups is 1. The van der Waals surface area contributed by atoms with E-state index >= 15 is 0 Å². The largest absolute Gasteiger partial charge is 0.480 e. The number of aromatic amines is 1. The number of carbonyl (C=O) groups excluding carboxylic acids is 3. The highest BCUT2D eigenvalue weighted by Gasteiger charge is 2.29. The number of aliphatic carboxylic acids is 1. The Bertz CT molecular complexity index is 1080. The third-order valence-electron chi connectivity index (χ3n) is 6.07. The van der Waals surface area contributed by atoms with Crippen LogP contribution < -0.4 is 27.4 Å². The summed E-state index contributed by atoms with van der Waals surface area (Å²) in [7, 11) is 0. The van der Waals surface area contributed by atoms with E-state index in [9.17, 15) is 24.3 Å². The van der Waals surface area contributed by atoms with E-state index in [2.05, 4.69) is 33.6 Å². The van der Waals surface area contributed by atoms with Gasteiger partial charge >= 0.3 is 5.97 Å². The predicted molar refractivity (Wildman–Crippen MR) is 153 cm³/mol. The highest BCUT2D eigenvalue weighted by molar-refractivity contribution is 7.98. The molecule has 1 aromatic carbocycles. The second kappa shape index (κ2) is 16.3. The molecule has 13 heteroatoms. The summed E-state index contributed by atoms with van der Waals surface area (Å²) in [4.78, 5) is 53.4. The molecule has 2 rings (SSSR count). The zero-order valence-electron chi connectivity index (χ0n) is 21.4. The quantitative estimate of drug-likeness (QED) is 0.0995. The third-order valence-corrected chi connectivity index (χ3v) is 7.08. The van der Waals surface area contributed by atoms with Gasteiger partial charge in [0, 0.05) is 22.9 Å². The number of carboxylic acid groups (broad SMARTS) is 1. The molecule has 0 fully saturated rings. The van der Waals surface area contributed by atoms with E-state index in [1.807, 2.05) is 36.7 Å². The molecule has 4 atom stereocenters. The molecule has 210 valence electrons. The van der Waals surface area contributed by atoms with Gasteiger partial charge in [-0.1, -0.05) is 18.2 Å². The number of thioether (sulfide) groups is 1. The van der Waals surface area contributed by atoms with Crippen molar-refractivity contribution < 1.29 is 24.3 Å². The number of rotatable bonds is 17. The van der Waals surface area contributed by atoms with E-state index in [-0.39, 0.29) is 18.6 Å². The molecule has 0 saturated heterocycles. The summed E-state index contributed by atoms with van der Waals surface area (Å²) in [5.41, 5.74) is 13.5. The summed E-state index contributed by atoms with van der Waals surface area (Å²) in [5.74, 6) is -2.38. The molecule has 3 amide bonds. The van der Waals surface area contributed by atoms with Crippen LogP contribution in [0.2, 0.25) is 0 Å². The summed E-state index contributed by atoms with van der Waals surface area (Å²) in [6, 6.07) is 3.66. The van der Waals surface area contributed by atoms with Crippen molar-refractivity contribution in [2.45, 2.75) is 56.3 Å². The fourth-order valence-corrected chi connectivity index (χ4v) is 4.63. The monoisotopic (exact) mass is 566 g/mol. The molecule has 0 radical (unpaired) electrons. The molecule has 1 heterocycles. The Morgan fingerprint density at radius 2 is 1.66 bits per heavy atom. The SMILES string of the molecule is CSCCC(NC(=O)C(N)Cc1c[nH]c2ccccc12)C(=O)NC(CS)C(=O)NC(CCCCN)C(=O)O. The summed E-state index contributed by atoms with van der Waals surface area (Å²) in [6.07, 6.45) is 5.66. The van der Waals surface area contributed by atoms with Crippen LogP contribution in [0.5, 0.6) is 0 Å². The molecule has 1 aromatic heterocycles. The van der Waals surface area contributed by atoms with Crippen molar-refractivity contribution in [1.29, 1.82) is 0 Å². The molecule has 0 aliphatic rings. The first-order valence-electron chi connectivity index (χ1n) is 12.5. The molecule has 9 N–H and O–H groups in total. The van der Waals surface area contributed by atoms with E-state index in [0.29, 0.717) is 31.6 Å². The Labute approximate surface area is 232 Å². The van der Waals surface area contributed by atoms with Crippen LogP contribution in [0, 0.1) is 0 Å². The van der Waals surface area contributed by atoms with Gasteiger partial charge in [-0.05, 0) is 62.3 Å². The minimum atomic E-state index is -1.17. The molecule has 11 nitrogen and oxygen atoms in total. The number of carboxylic acids is 1. The number of H-pyrrole nitrogens is 1. The Balaban J connectivity index is 2.02. The number of nitrogens with two attached hydrogens (primary N) is 2. The molecule has 0 bridgehead atoms. The number of nitrogens with one attached hydrogen (secondary N) is 4. The minimum Gasteiger partial charge on any atom is -0.480 e. The van der Waals surface area contributed by atoms with Crippen LogP contribution in [0.15, 0.2) is 30.5 Å². The molecular formula is C25H38N6O5S2. The second-order valence-electron chi connectivity index (χ2n) is 8.94. The van der Waals surface area contributed by atoms with Gasteiger partial charge in [-0.15, -0.1) is 0 Å². The first-order chi connectivity index (χ1) is 18.2. The first kappa shape index (κ1) is 31.5. The molecule has 2 aromatic rings. The number of benzene rings is 1. The van der Waals surface area contributed by atoms with Gasteiger partial charge in [0.1, 0.15) is 18.1 Å². The Hall–Kier alpha value is -2.74. The number of hydrogen-bond donors (Lipinski definition) is 8. The molecule has 0 aliphatic heterocycles. The van der Waals surface area contributed by atoms with Crippen molar-refractivity contribution in [3.8, 4) is 0 Å². The molecule has 0 saturated carbocycles. The number of amides is 3. The normalized spacial score (nSPS) is 14.3. The van der Waals surface area contributed by atoms with Gasteiger partial charge < -0.3 is 37.5 Å². The minimum absolute atomic E-state index is 0.0595. The Kier molecular flexibility index (Phi) is 13.5. The van der Waals surface area contributed by atoms with Crippen LogP contribution in [-0.4, -0.2) is 82.3 Å². The number of aromatic nitrogens is 1. The topological polar surface area (TPSA) is 192 Å². The van der Waals surface area contributed by atoms with E-state index in [0.717, 1.165) is 16.5 Å². The van der Waals surface area contributed by atoms with Gasteiger partial charge in [0.25, 0.3) is 0 Å². The highest BCUT2D eigenvalue weighted by Crippen LogP contribution is 2.19. The van der Waals surface area contributed by atoms with E-state index in [4.69, 9.17) is 11.5 Å². The van der Waals surface area contributed by atoms with Crippen LogP contribution in [0.25, 0.3) is 10.9 Å². The lowest BCUT2D eigenvalue weighted by Crippen LogP contribution is -2.57. The highest BCUT2D eigenvalue weighted by atomic mass is 32.2. The van der Waals surface area contributed by atoms with Crippen LogP contribution in [0.1, 0.15) is 31.2 Å². The summed E-state index contributed by atoms with van der Waals surface area (Å²) in [5, 5.41) is 18.2. The van der Waals surface area contributed by atoms with Gasteiger partial charge in [0.15, 0.2) is 0 Å². The van der Waals surface area contributed by atoms with Gasteiger partial charge in [-0.25, -0.2) is 4.79 Å².